The van der Waals surface area contributed by atoms with Gasteiger partial charge >= 0.3 is 0 Å². The van der Waals surface area contributed by atoms with E-state index in [1.165, 1.54) is 12.1 Å². The average Bonchev–Trinajstić information content (AvgIpc) is 2.65. The molecular weight excluding hydrogens is 343 g/mol. The van der Waals surface area contributed by atoms with Gasteiger partial charge in [-0.15, -0.1) is 0 Å². The van der Waals surface area contributed by atoms with Crippen LogP contribution in [0.1, 0.15) is 35.9 Å². The Hall–Kier alpha value is -2.95. The second kappa shape index (κ2) is 8.62. The number of aryl methyl sites for hydroxylation is 2. The van der Waals surface area contributed by atoms with Crippen LogP contribution in [-0.4, -0.2) is 14.7 Å². The number of phenols is 1. The second-order valence-electron chi connectivity index (χ2n) is 6.59. The van der Waals surface area contributed by atoms with Crippen molar-refractivity contribution in [2.24, 2.45) is 0 Å². The second-order valence-corrected chi connectivity index (χ2v) is 6.59. The first-order valence-electron chi connectivity index (χ1n) is 9.17. The van der Waals surface area contributed by atoms with Gasteiger partial charge in [0.1, 0.15) is 17.4 Å². The summed E-state index contributed by atoms with van der Waals surface area (Å²) in [5, 5.41) is 10.1. The van der Waals surface area contributed by atoms with Crippen molar-refractivity contribution in [3.05, 3.63) is 93.4 Å². The lowest BCUT2D eigenvalue weighted by molar-refractivity contribution is 0.468. The van der Waals surface area contributed by atoms with Crippen LogP contribution in [0, 0.1) is 5.82 Å². The lowest BCUT2D eigenvalue weighted by Gasteiger charge is -2.14. The Kier molecular flexibility index (Phi) is 6.01. The van der Waals surface area contributed by atoms with Gasteiger partial charge in [-0.2, -0.15) is 0 Å². The molecule has 1 aromatic heterocycles. The number of rotatable bonds is 7. The molecule has 0 aliphatic rings. The normalized spacial score (nSPS) is 10.9. The summed E-state index contributed by atoms with van der Waals surface area (Å²) in [6, 6.07) is 13.4. The van der Waals surface area contributed by atoms with Gasteiger partial charge < -0.3 is 5.11 Å². The van der Waals surface area contributed by atoms with E-state index in [4.69, 9.17) is 0 Å². The maximum absolute atomic E-state index is 13.4. The van der Waals surface area contributed by atoms with Crippen LogP contribution in [0.4, 0.5) is 4.39 Å². The summed E-state index contributed by atoms with van der Waals surface area (Å²) in [6.45, 7) is 2.43. The number of halogens is 1. The summed E-state index contributed by atoms with van der Waals surface area (Å²) in [6.07, 6.45) is 4.06. The molecule has 0 amide bonds. The van der Waals surface area contributed by atoms with E-state index >= 15 is 0 Å². The van der Waals surface area contributed by atoms with Crippen molar-refractivity contribution in [1.29, 1.82) is 0 Å². The van der Waals surface area contributed by atoms with Crippen molar-refractivity contribution in [3.63, 3.8) is 0 Å². The fourth-order valence-corrected chi connectivity index (χ4v) is 3.14. The first-order chi connectivity index (χ1) is 13.1. The zero-order valence-electron chi connectivity index (χ0n) is 15.4. The van der Waals surface area contributed by atoms with Crippen LogP contribution >= 0.6 is 0 Å². The minimum atomic E-state index is -0.285. The molecule has 0 aliphatic carbocycles. The molecule has 1 N–H and O–H groups in total. The fraction of sp³-hybridized carbons (Fsp3) is 0.273. The summed E-state index contributed by atoms with van der Waals surface area (Å²) >= 11 is 0. The molecule has 3 rings (SSSR count). The molecule has 140 valence electrons. The number of para-hydroxylation sites is 1. The van der Waals surface area contributed by atoms with E-state index in [2.05, 4.69) is 4.98 Å². The first-order valence-corrected chi connectivity index (χ1v) is 9.17. The van der Waals surface area contributed by atoms with Crippen LogP contribution in [0.15, 0.2) is 59.5 Å². The predicted molar refractivity (Wildman–Crippen MR) is 104 cm³/mol. The van der Waals surface area contributed by atoms with E-state index in [9.17, 15) is 14.3 Å². The maximum atomic E-state index is 13.4. The lowest BCUT2D eigenvalue weighted by atomic mass is 10.1. The third kappa shape index (κ3) is 4.61. The van der Waals surface area contributed by atoms with E-state index < -0.39 is 0 Å². The summed E-state index contributed by atoms with van der Waals surface area (Å²) in [5.41, 5.74) is 2.16. The summed E-state index contributed by atoms with van der Waals surface area (Å²) in [4.78, 5) is 17.4. The Morgan fingerprint density at radius 3 is 2.63 bits per heavy atom. The molecule has 0 saturated carbocycles. The number of hydrogen-bond donors (Lipinski definition) is 1. The van der Waals surface area contributed by atoms with Gasteiger partial charge in [0.05, 0.1) is 0 Å². The number of phenolic OH excluding ortho intramolecular Hbond substituents is 1. The van der Waals surface area contributed by atoms with Crippen LogP contribution in [0.5, 0.6) is 5.75 Å². The van der Waals surface area contributed by atoms with E-state index in [-0.39, 0.29) is 17.1 Å². The zero-order valence-corrected chi connectivity index (χ0v) is 15.4. The van der Waals surface area contributed by atoms with Gasteiger partial charge in [0.25, 0.3) is 5.56 Å². The molecule has 2 aromatic carbocycles. The standard InChI is InChI=1S/C22H23FN2O2/c1-2-6-18-15-24-21(14-17-8-3-4-10-20(17)26)25(22(18)27)12-11-16-7-5-9-19(23)13-16/h3-5,7-10,13,15,26H,2,6,11-12,14H2,1H3. The van der Waals surface area contributed by atoms with Crippen molar-refractivity contribution in [2.45, 2.75) is 39.2 Å². The molecule has 0 radical (unpaired) electrons. The lowest BCUT2D eigenvalue weighted by Crippen LogP contribution is -2.29. The van der Waals surface area contributed by atoms with Crippen molar-refractivity contribution in [1.82, 2.24) is 9.55 Å². The number of hydrogen-bond acceptors (Lipinski definition) is 3. The fourth-order valence-electron chi connectivity index (χ4n) is 3.14. The molecular formula is C22H23FN2O2. The highest BCUT2D eigenvalue weighted by atomic mass is 19.1. The third-order valence-corrected chi connectivity index (χ3v) is 4.57. The van der Waals surface area contributed by atoms with E-state index in [0.29, 0.717) is 42.8 Å². The van der Waals surface area contributed by atoms with Crippen LogP contribution in [0.3, 0.4) is 0 Å². The highest BCUT2D eigenvalue weighted by Crippen LogP contribution is 2.19. The van der Waals surface area contributed by atoms with Crippen molar-refractivity contribution in [3.8, 4) is 5.75 Å². The summed E-state index contributed by atoms with van der Waals surface area (Å²) in [7, 11) is 0. The van der Waals surface area contributed by atoms with Crippen LogP contribution in [0.25, 0.3) is 0 Å². The van der Waals surface area contributed by atoms with Crippen molar-refractivity contribution < 1.29 is 9.50 Å². The third-order valence-electron chi connectivity index (χ3n) is 4.57. The van der Waals surface area contributed by atoms with Crippen LogP contribution < -0.4 is 5.56 Å². The Morgan fingerprint density at radius 2 is 1.89 bits per heavy atom. The SMILES string of the molecule is CCCc1cnc(Cc2ccccc2O)n(CCc2cccc(F)c2)c1=O. The molecule has 0 spiro atoms. The zero-order chi connectivity index (χ0) is 19.2. The van der Waals surface area contributed by atoms with Gasteiger partial charge in [0.15, 0.2) is 0 Å². The molecule has 0 unspecified atom stereocenters. The minimum absolute atomic E-state index is 0.0614. The van der Waals surface area contributed by atoms with Gasteiger partial charge in [-0.25, -0.2) is 9.37 Å². The van der Waals surface area contributed by atoms with Gasteiger partial charge in [0.2, 0.25) is 0 Å². The quantitative estimate of drug-likeness (QED) is 0.690. The topological polar surface area (TPSA) is 55.1 Å². The van der Waals surface area contributed by atoms with E-state index in [1.54, 1.807) is 29.0 Å². The molecule has 0 atom stereocenters. The monoisotopic (exact) mass is 366 g/mol. The van der Waals surface area contributed by atoms with Crippen LogP contribution in [0.2, 0.25) is 0 Å². The molecule has 0 bridgehead atoms. The first kappa shape index (κ1) is 18.8. The molecule has 3 aromatic rings. The predicted octanol–water partition coefficient (Wildman–Crippen LogP) is 3.87. The number of aromatic nitrogens is 2. The van der Waals surface area contributed by atoms with Gasteiger partial charge in [-0.3, -0.25) is 9.36 Å². The smallest absolute Gasteiger partial charge is 0.256 e. The van der Waals surface area contributed by atoms with Gasteiger partial charge in [-0.1, -0.05) is 43.7 Å². The molecule has 0 aliphatic heterocycles. The molecule has 1 heterocycles. The number of nitrogens with zero attached hydrogens (tertiary/aromatic N) is 2. The average molecular weight is 366 g/mol. The summed E-state index contributed by atoms with van der Waals surface area (Å²) < 4.78 is 15.1. The molecule has 4 nitrogen and oxygen atoms in total. The van der Waals surface area contributed by atoms with E-state index in [1.807, 2.05) is 25.1 Å². The molecule has 0 saturated heterocycles. The summed E-state index contributed by atoms with van der Waals surface area (Å²) in [5.74, 6) is 0.492. The Balaban J connectivity index is 1.93. The molecule has 27 heavy (non-hydrogen) atoms. The van der Waals surface area contributed by atoms with E-state index in [0.717, 1.165) is 12.0 Å². The molecule has 0 fully saturated rings. The minimum Gasteiger partial charge on any atom is -0.508 e. The van der Waals surface area contributed by atoms with Gasteiger partial charge in [-0.05, 0) is 36.6 Å². The van der Waals surface area contributed by atoms with Crippen LogP contribution in [-0.2, 0) is 25.8 Å². The Labute approximate surface area is 158 Å². The molecule has 5 heteroatoms. The van der Waals surface area contributed by atoms with Crippen molar-refractivity contribution >= 4 is 0 Å². The number of benzene rings is 2. The maximum Gasteiger partial charge on any atom is 0.256 e. The largest absolute Gasteiger partial charge is 0.508 e. The Bertz CT molecular complexity index is 982. The highest BCUT2D eigenvalue weighted by Gasteiger charge is 2.12. The van der Waals surface area contributed by atoms with Gasteiger partial charge in [0, 0.05) is 30.3 Å². The van der Waals surface area contributed by atoms with Crippen molar-refractivity contribution in [2.75, 3.05) is 0 Å². The Morgan fingerprint density at radius 1 is 1.07 bits per heavy atom. The highest BCUT2D eigenvalue weighted by molar-refractivity contribution is 5.34. The number of aromatic hydroxyl groups is 1.